The predicted molar refractivity (Wildman–Crippen MR) is 142 cm³/mol. The van der Waals surface area contributed by atoms with E-state index in [1.807, 2.05) is 50.2 Å². The highest BCUT2D eigenvalue weighted by Crippen LogP contribution is 2.31. The van der Waals surface area contributed by atoms with E-state index in [4.69, 9.17) is 0 Å². The van der Waals surface area contributed by atoms with Crippen molar-refractivity contribution in [2.24, 2.45) is 0 Å². The second-order valence-corrected chi connectivity index (χ2v) is 10.9. The number of pyridine rings is 2. The quantitative estimate of drug-likeness (QED) is 0.443. The number of nitrogens with one attached hydrogen (secondary N) is 1. The first-order valence-corrected chi connectivity index (χ1v) is 13.1. The molecule has 0 spiro atoms. The van der Waals surface area contributed by atoms with Gasteiger partial charge in [0.25, 0.3) is 5.91 Å². The number of carbonyl (C=O) groups is 1. The van der Waals surface area contributed by atoms with Crippen molar-refractivity contribution in [1.82, 2.24) is 14.3 Å². The number of aromatic nitrogens is 2. The molecule has 1 aliphatic heterocycles. The van der Waals surface area contributed by atoms with Gasteiger partial charge in [0.15, 0.2) is 0 Å². The average molecular weight is 502 g/mol. The Kier molecular flexibility index (Phi) is 6.19. The van der Waals surface area contributed by atoms with Crippen LogP contribution in [0, 0.1) is 13.8 Å². The summed E-state index contributed by atoms with van der Waals surface area (Å²) in [6.45, 7) is 4.74. The smallest absolute Gasteiger partial charge is 0.303 e. The van der Waals surface area contributed by atoms with Gasteiger partial charge in [0.05, 0.1) is 16.9 Å². The van der Waals surface area contributed by atoms with Crippen LogP contribution >= 0.6 is 0 Å². The standard InChI is InChI=1S/C27H27N5O3S/c1-18-7-8-20(17-24(18)26-23-6-4-12-28-25(23)11-13-29-26)30-27(33)22-10-9-21(16-19(22)2)32-15-5-14-31(3)36(32,34)35/h4,6-13,16-17H,5,14-15H2,1-3H3,(H,30,33). The van der Waals surface area contributed by atoms with Gasteiger partial charge in [-0.3, -0.25) is 19.1 Å². The van der Waals surface area contributed by atoms with Crippen molar-refractivity contribution in [1.29, 1.82) is 0 Å². The number of carbonyl (C=O) groups excluding carboxylic acids is 1. The van der Waals surface area contributed by atoms with Gasteiger partial charge in [0.1, 0.15) is 0 Å². The highest BCUT2D eigenvalue weighted by molar-refractivity contribution is 7.90. The molecule has 8 nitrogen and oxygen atoms in total. The molecule has 1 fully saturated rings. The maximum absolute atomic E-state index is 13.2. The Labute approximate surface area is 210 Å². The molecular weight excluding hydrogens is 474 g/mol. The summed E-state index contributed by atoms with van der Waals surface area (Å²) < 4.78 is 28.2. The Morgan fingerprint density at radius 2 is 1.78 bits per heavy atom. The normalized spacial score (nSPS) is 15.7. The Hall–Kier alpha value is -3.82. The molecule has 0 atom stereocenters. The summed E-state index contributed by atoms with van der Waals surface area (Å²) in [4.78, 5) is 22.2. The van der Waals surface area contributed by atoms with Gasteiger partial charge < -0.3 is 5.32 Å². The van der Waals surface area contributed by atoms with Crippen LogP contribution in [0.15, 0.2) is 67.0 Å². The van der Waals surface area contributed by atoms with Crippen LogP contribution in [0.5, 0.6) is 0 Å². The number of hydrogen-bond donors (Lipinski definition) is 1. The van der Waals surface area contributed by atoms with E-state index in [9.17, 15) is 13.2 Å². The molecule has 1 aliphatic rings. The number of nitrogens with zero attached hydrogens (tertiary/aromatic N) is 4. The molecule has 4 aromatic rings. The molecule has 2 aromatic heterocycles. The van der Waals surface area contributed by atoms with E-state index in [0.717, 1.165) is 34.1 Å². The SMILES string of the molecule is Cc1cc(N2CCCN(C)S2(=O)=O)ccc1C(=O)Nc1ccc(C)c(-c2nccc3ncccc23)c1. The molecule has 0 bridgehead atoms. The number of aryl methyl sites for hydroxylation is 2. The van der Waals surface area contributed by atoms with Gasteiger partial charge in [-0.25, -0.2) is 0 Å². The summed E-state index contributed by atoms with van der Waals surface area (Å²) in [7, 11) is -1.97. The summed E-state index contributed by atoms with van der Waals surface area (Å²) in [5, 5.41) is 3.93. The van der Waals surface area contributed by atoms with Crippen LogP contribution in [0.25, 0.3) is 22.2 Å². The molecule has 0 aliphatic carbocycles. The van der Waals surface area contributed by atoms with Gasteiger partial charge in [-0.1, -0.05) is 6.07 Å². The zero-order chi connectivity index (χ0) is 25.4. The Morgan fingerprint density at radius 1 is 0.944 bits per heavy atom. The molecule has 9 heteroatoms. The van der Waals surface area contributed by atoms with E-state index in [1.54, 1.807) is 37.6 Å². The monoisotopic (exact) mass is 501 g/mol. The van der Waals surface area contributed by atoms with Gasteiger partial charge in [0.2, 0.25) is 0 Å². The van der Waals surface area contributed by atoms with E-state index >= 15 is 0 Å². The lowest BCUT2D eigenvalue weighted by atomic mass is 10.0. The lowest BCUT2D eigenvalue weighted by Gasteiger charge is -2.34. The second kappa shape index (κ2) is 9.33. The highest BCUT2D eigenvalue weighted by atomic mass is 32.2. The van der Waals surface area contributed by atoms with Crippen molar-refractivity contribution in [2.45, 2.75) is 20.3 Å². The summed E-state index contributed by atoms with van der Waals surface area (Å²) >= 11 is 0. The van der Waals surface area contributed by atoms with Crippen molar-refractivity contribution in [3.63, 3.8) is 0 Å². The molecule has 1 amide bonds. The number of hydrogen-bond acceptors (Lipinski definition) is 5. The van der Waals surface area contributed by atoms with E-state index in [1.165, 1.54) is 8.61 Å². The molecule has 0 radical (unpaired) electrons. The van der Waals surface area contributed by atoms with Gasteiger partial charge in [-0.2, -0.15) is 12.7 Å². The number of fused-ring (bicyclic) bond motifs is 1. The topological polar surface area (TPSA) is 95.5 Å². The van der Waals surface area contributed by atoms with E-state index < -0.39 is 10.2 Å². The van der Waals surface area contributed by atoms with Crippen molar-refractivity contribution in [3.05, 3.63) is 83.7 Å². The molecule has 2 aromatic carbocycles. The molecule has 5 rings (SSSR count). The van der Waals surface area contributed by atoms with Crippen molar-refractivity contribution >= 4 is 38.4 Å². The van der Waals surface area contributed by atoms with Gasteiger partial charge in [-0.05, 0) is 79.9 Å². The number of anilines is 2. The summed E-state index contributed by atoms with van der Waals surface area (Å²) in [6.07, 6.45) is 4.23. The maximum atomic E-state index is 13.2. The van der Waals surface area contributed by atoms with Crippen LogP contribution in [0.4, 0.5) is 11.4 Å². The molecule has 0 unspecified atom stereocenters. The highest BCUT2D eigenvalue weighted by Gasteiger charge is 2.31. The van der Waals surface area contributed by atoms with Gasteiger partial charge in [-0.15, -0.1) is 0 Å². The molecule has 0 saturated carbocycles. The van der Waals surface area contributed by atoms with Crippen molar-refractivity contribution in [3.8, 4) is 11.3 Å². The van der Waals surface area contributed by atoms with Crippen molar-refractivity contribution < 1.29 is 13.2 Å². The molecule has 3 heterocycles. The number of amides is 1. The van der Waals surface area contributed by atoms with Crippen LogP contribution < -0.4 is 9.62 Å². The molecule has 1 saturated heterocycles. The Bertz CT molecular complexity index is 1580. The summed E-state index contributed by atoms with van der Waals surface area (Å²) in [5.41, 5.74) is 5.99. The summed E-state index contributed by atoms with van der Waals surface area (Å²) in [6, 6.07) is 16.6. The van der Waals surface area contributed by atoms with Crippen LogP contribution in [0.3, 0.4) is 0 Å². The maximum Gasteiger partial charge on any atom is 0.303 e. The minimum absolute atomic E-state index is 0.264. The zero-order valence-corrected chi connectivity index (χ0v) is 21.2. The molecule has 184 valence electrons. The third-order valence-electron chi connectivity index (χ3n) is 6.53. The Morgan fingerprint density at radius 3 is 2.58 bits per heavy atom. The predicted octanol–water partition coefficient (Wildman–Crippen LogP) is 4.55. The first-order chi connectivity index (χ1) is 17.3. The minimum atomic E-state index is -3.55. The average Bonchev–Trinajstić information content (AvgIpc) is 2.86. The first kappa shape index (κ1) is 23.9. The summed E-state index contributed by atoms with van der Waals surface area (Å²) in [5.74, 6) is -0.264. The van der Waals surface area contributed by atoms with Crippen LogP contribution in [0.1, 0.15) is 27.9 Å². The van der Waals surface area contributed by atoms with E-state index in [-0.39, 0.29) is 5.91 Å². The fourth-order valence-corrected chi connectivity index (χ4v) is 5.96. The lowest BCUT2D eigenvalue weighted by molar-refractivity contribution is 0.102. The van der Waals surface area contributed by atoms with Crippen LogP contribution in [-0.4, -0.2) is 48.7 Å². The molecule has 1 N–H and O–H groups in total. The number of rotatable bonds is 4. The Balaban J connectivity index is 1.42. The fraction of sp³-hybridized carbons (Fsp3) is 0.222. The van der Waals surface area contributed by atoms with E-state index in [2.05, 4.69) is 15.3 Å². The minimum Gasteiger partial charge on any atom is -0.322 e. The van der Waals surface area contributed by atoms with Crippen molar-refractivity contribution in [2.75, 3.05) is 29.8 Å². The zero-order valence-electron chi connectivity index (χ0n) is 20.4. The third kappa shape index (κ3) is 4.31. The third-order valence-corrected chi connectivity index (χ3v) is 8.45. The van der Waals surface area contributed by atoms with Crippen LogP contribution in [-0.2, 0) is 10.2 Å². The second-order valence-electron chi connectivity index (χ2n) is 8.97. The van der Waals surface area contributed by atoms with Gasteiger partial charge in [0, 0.05) is 54.7 Å². The molecule has 36 heavy (non-hydrogen) atoms. The first-order valence-electron chi connectivity index (χ1n) is 11.7. The lowest BCUT2D eigenvalue weighted by Crippen LogP contribution is -2.48. The van der Waals surface area contributed by atoms with Crippen LogP contribution in [0.2, 0.25) is 0 Å². The van der Waals surface area contributed by atoms with Gasteiger partial charge >= 0.3 is 10.2 Å². The largest absolute Gasteiger partial charge is 0.322 e. The molecular formula is C27H27N5O3S. The van der Waals surface area contributed by atoms with E-state index in [0.29, 0.717) is 35.6 Å². The number of benzene rings is 2. The fourth-order valence-electron chi connectivity index (χ4n) is 4.53.